The second kappa shape index (κ2) is 4.55. The van der Waals surface area contributed by atoms with E-state index in [2.05, 4.69) is 0 Å². The van der Waals surface area contributed by atoms with Crippen LogP contribution in [-0.2, 0) is 9.59 Å². The van der Waals surface area contributed by atoms with Crippen LogP contribution in [0, 0.1) is 6.92 Å². The highest BCUT2D eigenvalue weighted by atomic mass is 16.4. The van der Waals surface area contributed by atoms with Gasteiger partial charge in [0, 0.05) is 0 Å². The van der Waals surface area contributed by atoms with E-state index < -0.39 is 11.8 Å². The molecule has 0 saturated heterocycles. The van der Waals surface area contributed by atoms with Crippen LogP contribution in [0.4, 0.5) is 0 Å². The Hall–Kier alpha value is -1.90. The Labute approximate surface area is 88.0 Å². The van der Waals surface area contributed by atoms with Crippen LogP contribution in [-0.4, -0.2) is 16.9 Å². The topological polar surface area (TPSA) is 54.4 Å². The van der Waals surface area contributed by atoms with Gasteiger partial charge in [0.15, 0.2) is 5.78 Å². The molecular weight excluding hydrogens is 192 g/mol. The quantitative estimate of drug-likeness (QED) is 0.465. The third-order valence-corrected chi connectivity index (χ3v) is 1.96. The van der Waals surface area contributed by atoms with Crippen molar-refractivity contribution in [2.75, 3.05) is 0 Å². The number of hydrogen-bond acceptors (Lipinski definition) is 2. The molecule has 1 rings (SSSR count). The second-order valence-corrected chi connectivity index (χ2v) is 3.33. The third-order valence-electron chi connectivity index (χ3n) is 1.96. The van der Waals surface area contributed by atoms with Crippen molar-refractivity contribution < 1.29 is 14.7 Å². The first-order valence-electron chi connectivity index (χ1n) is 4.53. The molecule has 0 fully saturated rings. The van der Waals surface area contributed by atoms with Crippen LogP contribution in [0.1, 0.15) is 18.1 Å². The summed E-state index contributed by atoms with van der Waals surface area (Å²) < 4.78 is 0. The normalized spacial score (nSPS) is 11.2. The first-order chi connectivity index (χ1) is 7.00. The van der Waals surface area contributed by atoms with Crippen molar-refractivity contribution in [3.05, 3.63) is 41.0 Å². The molecular formula is C12H12O3. The van der Waals surface area contributed by atoms with E-state index in [1.165, 1.54) is 13.0 Å². The average Bonchev–Trinajstić information content (AvgIpc) is 2.13. The van der Waals surface area contributed by atoms with E-state index in [1.54, 1.807) is 6.07 Å². The van der Waals surface area contributed by atoms with Crippen LogP contribution in [0.5, 0.6) is 0 Å². The average molecular weight is 204 g/mol. The number of carboxylic acids is 1. The molecule has 0 aromatic heterocycles. The van der Waals surface area contributed by atoms with Crippen LogP contribution in [0.25, 0.3) is 6.08 Å². The Morgan fingerprint density at radius 1 is 1.33 bits per heavy atom. The summed E-state index contributed by atoms with van der Waals surface area (Å²) in [5.74, 6) is -1.63. The summed E-state index contributed by atoms with van der Waals surface area (Å²) in [6, 6.07) is 7.32. The Bertz CT molecular complexity index is 414. The van der Waals surface area contributed by atoms with E-state index in [4.69, 9.17) is 5.11 Å². The zero-order valence-electron chi connectivity index (χ0n) is 8.65. The summed E-state index contributed by atoms with van der Waals surface area (Å²) in [5, 5.41) is 8.79. The van der Waals surface area contributed by atoms with Gasteiger partial charge in [-0.2, -0.15) is 0 Å². The first kappa shape index (κ1) is 11.2. The van der Waals surface area contributed by atoms with Crippen molar-refractivity contribution in [3.8, 4) is 0 Å². The summed E-state index contributed by atoms with van der Waals surface area (Å²) >= 11 is 0. The maximum absolute atomic E-state index is 11.0. The van der Waals surface area contributed by atoms with Crippen molar-refractivity contribution in [1.82, 2.24) is 0 Å². The molecule has 0 bridgehead atoms. The lowest BCUT2D eigenvalue weighted by atomic mass is 10.1. The van der Waals surface area contributed by atoms with Crippen LogP contribution >= 0.6 is 0 Å². The Morgan fingerprint density at radius 2 is 2.00 bits per heavy atom. The van der Waals surface area contributed by atoms with Crippen molar-refractivity contribution >= 4 is 17.8 Å². The van der Waals surface area contributed by atoms with E-state index >= 15 is 0 Å². The summed E-state index contributed by atoms with van der Waals surface area (Å²) in [5.41, 5.74) is 1.56. The van der Waals surface area contributed by atoms with Gasteiger partial charge < -0.3 is 5.11 Å². The van der Waals surface area contributed by atoms with Crippen LogP contribution < -0.4 is 0 Å². The van der Waals surface area contributed by atoms with Gasteiger partial charge in [-0.3, -0.25) is 4.79 Å². The Kier molecular flexibility index (Phi) is 3.39. The summed E-state index contributed by atoms with van der Waals surface area (Å²) in [6.45, 7) is 3.15. The molecule has 0 unspecified atom stereocenters. The number of hydrogen-bond donors (Lipinski definition) is 1. The number of carbonyl (C=O) groups excluding carboxylic acids is 1. The molecule has 3 heteroatoms. The first-order valence-corrected chi connectivity index (χ1v) is 4.53. The lowest BCUT2D eigenvalue weighted by Crippen LogP contribution is -2.08. The standard InChI is InChI=1S/C12H12O3/c1-8-4-3-5-10(6-8)7-11(9(2)13)12(14)15/h3-7H,1-2H3,(H,14,15)/b11-7+. The molecule has 0 amide bonds. The van der Waals surface area contributed by atoms with Gasteiger partial charge in [0.05, 0.1) is 0 Å². The van der Waals surface area contributed by atoms with Crippen molar-refractivity contribution in [2.45, 2.75) is 13.8 Å². The lowest BCUT2D eigenvalue weighted by Gasteiger charge is -1.99. The summed E-state index contributed by atoms with van der Waals surface area (Å²) in [6.07, 6.45) is 1.39. The Balaban J connectivity index is 3.13. The molecule has 1 aromatic carbocycles. The van der Waals surface area contributed by atoms with Gasteiger partial charge in [-0.25, -0.2) is 4.79 Å². The second-order valence-electron chi connectivity index (χ2n) is 3.33. The molecule has 0 radical (unpaired) electrons. The van der Waals surface area contributed by atoms with E-state index in [9.17, 15) is 9.59 Å². The fourth-order valence-electron chi connectivity index (χ4n) is 1.24. The van der Waals surface area contributed by atoms with Gasteiger partial charge >= 0.3 is 5.97 Å². The van der Waals surface area contributed by atoms with Crippen molar-refractivity contribution in [3.63, 3.8) is 0 Å². The number of aryl methyl sites for hydroxylation is 1. The summed E-state index contributed by atoms with van der Waals surface area (Å²) in [4.78, 5) is 21.8. The zero-order chi connectivity index (χ0) is 11.4. The molecule has 78 valence electrons. The molecule has 0 aliphatic heterocycles. The number of ketones is 1. The minimum absolute atomic E-state index is 0.194. The van der Waals surface area contributed by atoms with E-state index in [0.717, 1.165) is 11.1 Å². The molecule has 1 N–H and O–H groups in total. The van der Waals surface area contributed by atoms with Crippen molar-refractivity contribution in [2.24, 2.45) is 0 Å². The molecule has 0 aliphatic carbocycles. The maximum atomic E-state index is 11.0. The molecule has 0 saturated carbocycles. The number of aliphatic carboxylic acids is 1. The molecule has 3 nitrogen and oxygen atoms in total. The van der Waals surface area contributed by atoms with Gasteiger partial charge in [0.2, 0.25) is 0 Å². The molecule has 0 aliphatic rings. The summed E-state index contributed by atoms with van der Waals surface area (Å²) in [7, 11) is 0. The molecule has 0 atom stereocenters. The van der Waals surface area contributed by atoms with E-state index in [-0.39, 0.29) is 5.57 Å². The number of benzene rings is 1. The predicted molar refractivity (Wildman–Crippen MR) is 57.5 cm³/mol. The lowest BCUT2D eigenvalue weighted by molar-refractivity contribution is -0.134. The van der Waals surface area contributed by atoms with Crippen LogP contribution in [0.15, 0.2) is 29.8 Å². The number of carboxylic acid groups (broad SMARTS) is 1. The number of carbonyl (C=O) groups is 2. The largest absolute Gasteiger partial charge is 0.478 e. The fraction of sp³-hybridized carbons (Fsp3) is 0.167. The minimum atomic E-state index is -1.19. The van der Waals surface area contributed by atoms with E-state index in [1.807, 2.05) is 25.1 Å². The monoisotopic (exact) mass is 204 g/mol. The molecule has 1 aromatic rings. The maximum Gasteiger partial charge on any atom is 0.339 e. The smallest absolute Gasteiger partial charge is 0.339 e. The molecule has 0 spiro atoms. The predicted octanol–water partition coefficient (Wildman–Crippen LogP) is 2.05. The number of rotatable bonds is 3. The van der Waals surface area contributed by atoms with Crippen LogP contribution in [0.3, 0.4) is 0 Å². The van der Waals surface area contributed by atoms with Gasteiger partial charge in [-0.15, -0.1) is 0 Å². The van der Waals surface area contributed by atoms with Gasteiger partial charge in [-0.1, -0.05) is 29.8 Å². The third kappa shape index (κ3) is 3.06. The van der Waals surface area contributed by atoms with Crippen LogP contribution in [0.2, 0.25) is 0 Å². The minimum Gasteiger partial charge on any atom is -0.478 e. The van der Waals surface area contributed by atoms with E-state index in [0.29, 0.717) is 0 Å². The highest BCUT2D eigenvalue weighted by Crippen LogP contribution is 2.10. The van der Waals surface area contributed by atoms with Gasteiger partial charge in [0.1, 0.15) is 5.57 Å². The number of Topliss-reactive ketones (excluding diaryl/α,β-unsaturated/α-hetero) is 1. The van der Waals surface area contributed by atoms with Gasteiger partial charge in [-0.05, 0) is 25.5 Å². The van der Waals surface area contributed by atoms with Crippen molar-refractivity contribution in [1.29, 1.82) is 0 Å². The zero-order valence-corrected chi connectivity index (χ0v) is 8.65. The molecule has 15 heavy (non-hydrogen) atoms. The fourth-order valence-corrected chi connectivity index (χ4v) is 1.24. The highest BCUT2D eigenvalue weighted by Gasteiger charge is 2.12. The SMILES string of the molecule is CC(=O)/C(=C\c1cccc(C)c1)C(=O)O. The highest BCUT2D eigenvalue weighted by molar-refractivity contribution is 6.19. The Morgan fingerprint density at radius 3 is 2.47 bits per heavy atom. The van der Waals surface area contributed by atoms with Gasteiger partial charge in [0.25, 0.3) is 0 Å². The molecule has 0 heterocycles.